The zero-order chi connectivity index (χ0) is 21.9. The number of nitrogens with one attached hydrogen (secondary N) is 1. The summed E-state index contributed by atoms with van der Waals surface area (Å²) >= 11 is 0. The number of esters is 1. The second kappa shape index (κ2) is 8.83. The summed E-state index contributed by atoms with van der Waals surface area (Å²) in [5, 5.41) is 3.72. The number of aromatic nitrogens is 2. The molecule has 0 saturated heterocycles. The molecular formula is C26H24FN3O2. The zero-order valence-corrected chi connectivity index (χ0v) is 17.6. The summed E-state index contributed by atoms with van der Waals surface area (Å²) in [6, 6.07) is 19.3. The normalized spacial score (nSPS) is 14.4. The molecule has 1 N–H and O–H groups in total. The van der Waals surface area contributed by atoms with Gasteiger partial charge in [0.25, 0.3) is 0 Å². The van der Waals surface area contributed by atoms with Crippen LogP contribution in [0.3, 0.4) is 0 Å². The van der Waals surface area contributed by atoms with Gasteiger partial charge in [-0.05, 0) is 61.4 Å². The van der Waals surface area contributed by atoms with Gasteiger partial charge in [0.2, 0.25) is 0 Å². The largest absolute Gasteiger partial charge is 0.423 e. The molecule has 6 heteroatoms. The number of imidazole rings is 1. The second-order valence-electron chi connectivity index (χ2n) is 8.11. The number of hydrogen-bond acceptors (Lipinski definition) is 4. The number of benzene rings is 2. The molecule has 5 rings (SSSR count). The van der Waals surface area contributed by atoms with Gasteiger partial charge in [-0.3, -0.25) is 4.40 Å². The van der Waals surface area contributed by atoms with E-state index in [0.717, 1.165) is 35.6 Å². The first-order valence-electron chi connectivity index (χ1n) is 11.0. The number of anilines is 1. The van der Waals surface area contributed by atoms with Gasteiger partial charge in [0.05, 0.1) is 5.56 Å². The van der Waals surface area contributed by atoms with Crippen LogP contribution in [0.15, 0.2) is 72.9 Å². The standard InChI is InChI=1S/C26H24FN3O2/c27-22-11-5-4-10-21(22)26(31)32-20-15-13-18(14-16-20)24-25(28-19-8-2-1-3-9-19)30-17-7-6-12-23(30)29-24/h4-7,10-17,19,28H,1-3,8-9H2. The van der Waals surface area contributed by atoms with Crippen LogP contribution in [-0.2, 0) is 0 Å². The van der Waals surface area contributed by atoms with E-state index in [2.05, 4.69) is 9.72 Å². The maximum atomic E-state index is 13.8. The molecule has 0 unspecified atom stereocenters. The first kappa shape index (κ1) is 20.2. The molecule has 0 bridgehead atoms. The van der Waals surface area contributed by atoms with E-state index in [4.69, 9.17) is 9.72 Å². The highest BCUT2D eigenvalue weighted by molar-refractivity contribution is 5.91. The number of rotatable bonds is 5. The third-order valence-electron chi connectivity index (χ3n) is 5.91. The number of carbonyl (C=O) groups excluding carboxylic acids is 1. The van der Waals surface area contributed by atoms with Gasteiger partial charge in [-0.25, -0.2) is 14.2 Å². The van der Waals surface area contributed by atoms with Gasteiger partial charge in [0.1, 0.15) is 28.7 Å². The third kappa shape index (κ3) is 4.08. The van der Waals surface area contributed by atoms with Crippen molar-refractivity contribution in [3.63, 3.8) is 0 Å². The number of pyridine rings is 1. The molecule has 0 amide bonds. The van der Waals surface area contributed by atoms with Crippen molar-refractivity contribution in [3.8, 4) is 17.0 Å². The molecular weight excluding hydrogens is 405 g/mol. The summed E-state index contributed by atoms with van der Waals surface area (Å²) < 4.78 is 21.3. The highest BCUT2D eigenvalue weighted by Gasteiger charge is 2.20. The minimum atomic E-state index is -0.719. The predicted octanol–water partition coefficient (Wildman–Crippen LogP) is 6.10. The van der Waals surface area contributed by atoms with Gasteiger partial charge in [-0.1, -0.05) is 37.5 Å². The predicted molar refractivity (Wildman–Crippen MR) is 122 cm³/mol. The molecule has 162 valence electrons. The van der Waals surface area contributed by atoms with E-state index in [-0.39, 0.29) is 5.56 Å². The Kier molecular flexibility index (Phi) is 5.58. The topological polar surface area (TPSA) is 55.6 Å². The van der Waals surface area contributed by atoms with Crippen LogP contribution in [0.25, 0.3) is 16.9 Å². The first-order valence-corrected chi connectivity index (χ1v) is 11.0. The second-order valence-corrected chi connectivity index (χ2v) is 8.11. The average Bonchev–Trinajstić information content (AvgIpc) is 3.19. The summed E-state index contributed by atoms with van der Waals surface area (Å²) in [4.78, 5) is 17.1. The van der Waals surface area contributed by atoms with Crippen molar-refractivity contribution in [3.05, 3.63) is 84.3 Å². The maximum absolute atomic E-state index is 13.8. The number of ether oxygens (including phenoxy) is 1. The Balaban J connectivity index is 1.42. The van der Waals surface area contributed by atoms with E-state index in [1.807, 2.05) is 36.5 Å². The fourth-order valence-corrected chi connectivity index (χ4v) is 4.24. The van der Waals surface area contributed by atoms with Gasteiger partial charge in [0, 0.05) is 17.8 Å². The van der Waals surface area contributed by atoms with Crippen molar-refractivity contribution >= 4 is 17.4 Å². The molecule has 1 aliphatic rings. The molecule has 0 atom stereocenters. The summed E-state index contributed by atoms with van der Waals surface area (Å²) in [7, 11) is 0. The molecule has 1 fully saturated rings. The first-order chi connectivity index (χ1) is 15.7. The monoisotopic (exact) mass is 429 g/mol. The Morgan fingerprint density at radius 1 is 0.969 bits per heavy atom. The lowest BCUT2D eigenvalue weighted by atomic mass is 9.95. The lowest BCUT2D eigenvalue weighted by molar-refractivity contribution is 0.0730. The van der Waals surface area contributed by atoms with Crippen molar-refractivity contribution in [1.82, 2.24) is 9.38 Å². The number of nitrogens with zero attached hydrogens (tertiary/aromatic N) is 2. The Labute approximate surface area is 185 Å². The average molecular weight is 429 g/mol. The molecule has 0 radical (unpaired) electrons. The Hall–Kier alpha value is -3.67. The summed E-state index contributed by atoms with van der Waals surface area (Å²) in [5.74, 6) is 0.0108. The summed E-state index contributed by atoms with van der Waals surface area (Å²) in [6.07, 6.45) is 8.11. The fourth-order valence-electron chi connectivity index (χ4n) is 4.24. The minimum Gasteiger partial charge on any atom is -0.423 e. The Morgan fingerprint density at radius 2 is 1.72 bits per heavy atom. The minimum absolute atomic E-state index is 0.0871. The number of carbonyl (C=O) groups is 1. The highest BCUT2D eigenvalue weighted by atomic mass is 19.1. The van der Waals surface area contributed by atoms with E-state index in [1.165, 1.54) is 37.5 Å². The van der Waals surface area contributed by atoms with Gasteiger partial charge in [0.15, 0.2) is 0 Å². The fraction of sp³-hybridized carbons (Fsp3) is 0.231. The number of fused-ring (bicyclic) bond motifs is 1. The number of hydrogen-bond donors (Lipinski definition) is 1. The molecule has 2 aromatic heterocycles. The molecule has 4 aromatic rings. The molecule has 1 saturated carbocycles. The van der Waals surface area contributed by atoms with E-state index >= 15 is 0 Å². The van der Waals surface area contributed by atoms with E-state index in [1.54, 1.807) is 18.2 Å². The van der Waals surface area contributed by atoms with Crippen molar-refractivity contribution in [1.29, 1.82) is 0 Å². The Bertz CT molecular complexity index is 1240. The number of halogens is 1. The summed E-state index contributed by atoms with van der Waals surface area (Å²) in [5.41, 5.74) is 2.55. The van der Waals surface area contributed by atoms with Gasteiger partial charge >= 0.3 is 5.97 Å². The molecule has 2 heterocycles. The van der Waals surface area contributed by atoms with E-state index in [9.17, 15) is 9.18 Å². The van der Waals surface area contributed by atoms with E-state index in [0.29, 0.717) is 11.8 Å². The molecule has 1 aliphatic carbocycles. The highest BCUT2D eigenvalue weighted by Crippen LogP contribution is 2.32. The lowest BCUT2D eigenvalue weighted by Crippen LogP contribution is -2.23. The van der Waals surface area contributed by atoms with Gasteiger partial charge in [-0.15, -0.1) is 0 Å². The molecule has 5 nitrogen and oxygen atoms in total. The van der Waals surface area contributed by atoms with Crippen LogP contribution in [0.5, 0.6) is 5.75 Å². The summed E-state index contributed by atoms with van der Waals surface area (Å²) in [6.45, 7) is 0. The van der Waals surface area contributed by atoms with Gasteiger partial charge < -0.3 is 10.1 Å². The van der Waals surface area contributed by atoms with Crippen LogP contribution in [0.4, 0.5) is 10.2 Å². The SMILES string of the molecule is O=C(Oc1ccc(-c2nc3ccccn3c2NC2CCCCC2)cc1)c1ccccc1F. The van der Waals surface area contributed by atoms with Crippen molar-refractivity contribution in [2.75, 3.05) is 5.32 Å². The maximum Gasteiger partial charge on any atom is 0.346 e. The van der Waals surface area contributed by atoms with Crippen LogP contribution < -0.4 is 10.1 Å². The van der Waals surface area contributed by atoms with Crippen LogP contribution in [0.2, 0.25) is 0 Å². The van der Waals surface area contributed by atoms with Crippen molar-refractivity contribution in [2.45, 2.75) is 38.1 Å². The molecule has 2 aromatic carbocycles. The van der Waals surface area contributed by atoms with Gasteiger partial charge in [-0.2, -0.15) is 0 Å². The van der Waals surface area contributed by atoms with Crippen LogP contribution >= 0.6 is 0 Å². The van der Waals surface area contributed by atoms with Crippen LogP contribution in [-0.4, -0.2) is 21.4 Å². The molecule has 0 spiro atoms. The quantitative estimate of drug-likeness (QED) is 0.307. The van der Waals surface area contributed by atoms with E-state index < -0.39 is 11.8 Å². The third-order valence-corrected chi connectivity index (χ3v) is 5.91. The lowest BCUT2D eigenvalue weighted by Gasteiger charge is -2.24. The van der Waals surface area contributed by atoms with Crippen LogP contribution in [0.1, 0.15) is 42.5 Å². The van der Waals surface area contributed by atoms with Crippen LogP contribution in [0, 0.1) is 5.82 Å². The zero-order valence-electron chi connectivity index (χ0n) is 17.6. The molecule has 32 heavy (non-hydrogen) atoms. The van der Waals surface area contributed by atoms with Crippen molar-refractivity contribution < 1.29 is 13.9 Å². The Morgan fingerprint density at radius 3 is 2.50 bits per heavy atom. The molecule has 0 aliphatic heterocycles. The smallest absolute Gasteiger partial charge is 0.346 e. The van der Waals surface area contributed by atoms with Crippen molar-refractivity contribution in [2.24, 2.45) is 0 Å².